The molecule has 0 unspecified atom stereocenters. The van der Waals surface area contributed by atoms with Gasteiger partial charge in [0.25, 0.3) is 17.7 Å². The third kappa shape index (κ3) is 1.97. The average molecular weight is 370 g/mol. The largest absolute Gasteiger partial charge is 0.372 e. The molecule has 0 aromatic heterocycles. The van der Waals surface area contributed by atoms with Crippen LogP contribution in [0.1, 0.15) is 31.8 Å². The zero-order valence-electron chi connectivity index (χ0n) is 14.5. The molecule has 6 nitrogen and oxygen atoms in total. The molecule has 1 aliphatic heterocycles. The highest BCUT2D eigenvalue weighted by Gasteiger charge is 2.49. The Kier molecular flexibility index (Phi) is 3.29. The molecule has 2 aliphatic rings. The fourth-order valence-electron chi connectivity index (χ4n) is 3.93. The lowest BCUT2D eigenvalue weighted by Crippen LogP contribution is -2.53. The Morgan fingerprint density at radius 2 is 1.11 bits per heavy atom. The number of amides is 3. The quantitative estimate of drug-likeness (QED) is 0.678. The molecular weight excluding hydrogens is 356 g/mol. The number of carbonyl (C=O) groups excluding carboxylic acids is 3. The summed E-state index contributed by atoms with van der Waals surface area (Å²) in [4.78, 5) is 38.3. The summed E-state index contributed by atoms with van der Waals surface area (Å²) >= 11 is 0. The van der Waals surface area contributed by atoms with E-state index in [1.165, 1.54) is 12.1 Å². The fraction of sp³-hybridized carbons (Fsp3) is 0.0455. The molecule has 3 aromatic carbocycles. The number of hydrogen-bond donors (Lipinski definition) is 2. The first-order valence-electron chi connectivity index (χ1n) is 8.74. The first kappa shape index (κ1) is 16.4. The molecule has 0 fully saturated rings. The van der Waals surface area contributed by atoms with Crippen LogP contribution < -0.4 is 5.43 Å². The van der Waals surface area contributed by atoms with E-state index in [2.05, 4.69) is 5.43 Å². The Bertz CT molecular complexity index is 1100. The molecule has 6 heteroatoms. The molecule has 0 radical (unpaired) electrons. The van der Waals surface area contributed by atoms with Gasteiger partial charge in [-0.15, -0.1) is 0 Å². The van der Waals surface area contributed by atoms with Crippen molar-refractivity contribution in [2.75, 3.05) is 0 Å². The lowest BCUT2D eigenvalue weighted by Gasteiger charge is -2.27. The van der Waals surface area contributed by atoms with Crippen LogP contribution in [0.3, 0.4) is 0 Å². The maximum Gasteiger partial charge on any atom is 0.280 e. The minimum absolute atomic E-state index is 0.215. The highest BCUT2D eigenvalue weighted by molar-refractivity contribution is 6.22. The molecule has 2 N–H and O–H groups in total. The molecule has 0 bridgehead atoms. The maximum atomic E-state index is 13.2. The first-order valence-corrected chi connectivity index (χ1v) is 8.74. The normalized spacial score (nSPS) is 15.8. The maximum absolute atomic E-state index is 13.2. The van der Waals surface area contributed by atoms with Crippen molar-refractivity contribution < 1.29 is 19.5 Å². The standard InChI is InChI=1S/C22H14N2O4/c25-19-15-9-1-2-10-16(15)20(26)24(19)23-21(27)22(28)17-11-5-3-7-13(17)14-8-4-6-12-18(14)22/h1-12,28H,(H,23,27). The van der Waals surface area contributed by atoms with Crippen molar-refractivity contribution in [3.63, 3.8) is 0 Å². The van der Waals surface area contributed by atoms with Crippen molar-refractivity contribution in [1.29, 1.82) is 0 Å². The zero-order chi connectivity index (χ0) is 19.5. The van der Waals surface area contributed by atoms with Crippen LogP contribution >= 0.6 is 0 Å². The van der Waals surface area contributed by atoms with Crippen molar-refractivity contribution in [2.45, 2.75) is 5.60 Å². The third-order valence-corrected chi connectivity index (χ3v) is 5.26. The van der Waals surface area contributed by atoms with Crippen LogP contribution in [-0.2, 0) is 10.4 Å². The molecular formula is C22H14N2O4. The van der Waals surface area contributed by atoms with Gasteiger partial charge < -0.3 is 5.11 Å². The monoisotopic (exact) mass is 370 g/mol. The van der Waals surface area contributed by atoms with Crippen LogP contribution in [0.5, 0.6) is 0 Å². The second-order valence-electron chi connectivity index (χ2n) is 6.73. The number of imide groups is 1. The first-order chi connectivity index (χ1) is 13.5. The van der Waals surface area contributed by atoms with E-state index in [-0.39, 0.29) is 11.1 Å². The van der Waals surface area contributed by atoms with Gasteiger partial charge in [-0.25, -0.2) is 0 Å². The zero-order valence-corrected chi connectivity index (χ0v) is 14.5. The number of hydrogen-bond acceptors (Lipinski definition) is 4. The van der Waals surface area contributed by atoms with Crippen LogP contribution in [0.2, 0.25) is 0 Å². The minimum Gasteiger partial charge on any atom is -0.372 e. The van der Waals surface area contributed by atoms with E-state index in [0.717, 1.165) is 11.1 Å². The van der Waals surface area contributed by atoms with Gasteiger partial charge >= 0.3 is 0 Å². The summed E-state index contributed by atoms with van der Waals surface area (Å²) in [5, 5.41) is 12.1. The van der Waals surface area contributed by atoms with E-state index in [0.29, 0.717) is 16.1 Å². The molecule has 3 amide bonds. The molecule has 136 valence electrons. The summed E-state index contributed by atoms with van der Waals surface area (Å²) in [6, 6.07) is 20.4. The number of aliphatic hydroxyl groups is 1. The van der Waals surface area contributed by atoms with Crippen molar-refractivity contribution >= 4 is 17.7 Å². The van der Waals surface area contributed by atoms with Gasteiger partial charge in [0.15, 0.2) is 5.60 Å². The van der Waals surface area contributed by atoms with Crippen molar-refractivity contribution in [2.24, 2.45) is 0 Å². The molecule has 1 aliphatic carbocycles. The Morgan fingerprint density at radius 3 is 1.57 bits per heavy atom. The van der Waals surface area contributed by atoms with Gasteiger partial charge in [-0.1, -0.05) is 60.7 Å². The summed E-state index contributed by atoms with van der Waals surface area (Å²) in [7, 11) is 0. The summed E-state index contributed by atoms with van der Waals surface area (Å²) in [6.45, 7) is 0. The number of nitrogens with zero attached hydrogens (tertiary/aromatic N) is 1. The van der Waals surface area contributed by atoms with Gasteiger partial charge in [0.2, 0.25) is 0 Å². The number of nitrogens with one attached hydrogen (secondary N) is 1. The molecule has 0 atom stereocenters. The number of fused-ring (bicyclic) bond motifs is 4. The van der Waals surface area contributed by atoms with E-state index < -0.39 is 23.3 Å². The van der Waals surface area contributed by atoms with Crippen molar-refractivity contribution in [3.05, 3.63) is 95.1 Å². The van der Waals surface area contributed by atoms with E-state index in [1.807, 2.05) is 24.3 Å². The molecule has 0 saturated heterocycles. The molecule has 3 aromatic rings. The third-order valence-electron chi connectivity index (χ3n) is 5.26. The van der Waals surface area contributed by atoms with Crippen LogP contribution in [0.15, 0.2) is 72.8 Å². The van der Waals surface area contributed by atoms with Gasteiger partial charge in [0.1, 0.15) is 0 Å². The van der Waals surface area contributed by atoms with Crippen LogP contribution in [-0.4, -0.2) is 27.8 Å². The van der Waals surface area contributed by atoms with Gasteiger partial charge in [0.05, 0.1) is 11.1 Å². The van der Waals surface area contributed by atoms with Crippen molar-refractivity contribution in [1.82, 2.24) is 10.4 Å². The second kappa shape index (κ2) is 5.61. The molecule has 1 heterocycles. The van der Waals surface area contributed by atoms with Gasteiger partial charge in [0, 0.05) is 11.1 Å². The Morgan fingerprint density at radius 1 is 0.714 bits per heavy atom. The predicted molar refractivity (Wildman–Crippen MR) is 100.0 cm³/mol. The SMILES string of the molecule is O=C1c2ccccc2C(=O)N1NC(=O)C1(O)c2ccccc2-c2ccccc21. The minimum atomic E-state index is -2.01. The highest BCUT2D eigenvalue weighted by Crippen LogP contribution is 2.47. The molecule has 28 heavy (non-hydrogen) atoms. The Labute approximate surface area is 160 Å². The van der Waals surface area contributed by atoms with Crippen LogP contribution in [0, 0.1) is 0 Å². The van der Waals surface area contributed by atoms with Crippen LogP contribution in [0.4, 0.5) is 0 Å². The molecule has 5 rings (SSSR count). The Balaban J connectivity index is 1.56. The summed E-state index contributed by atoms with van der Waals surface area (Å²) in [5.41, 5.74) is 3.04. The lowest BCUT2D eigenvalue weighted by atomic mass is 9.91. The van der Waals surface area contributed by atoms with Crippen molar-refractivity contribution in [3.8, 4) is 11.1 Å². The molecule has 0 spiro atoms. The number of hydrazine groups is 1. The van der Waals surface area contributed by atoms with Crippen LogP contribution in [0.25, 0.3) is 11.1 Å². The smallest absolute Gasteiger partial charge is 0.280 e. The predicted octanol–water partition coefficient (Wildman–Crippen LogP) is 2.23. The topological polar surface area (TPSA) is 86.7 Å². The van der Waals surface area contributed by atoms with E-state index in [4.69, 9.17) is 0 Å². The number of carbonyl (C=O) groups is 3. The fourth-order valence-corrected chi connectivity index (χ4v) is 3.93. The molecule has 0 saturated carbocycles. The summed E-state index contributed by atoms with van der Waals surface area (Å²) in [5.74, 6) is -2.12. The summed E-state index contributed by atoms with van der Waals surface area (Å²) < 4.78 is 0. The van der Waals surface area contributed by atoms with E-state index in [1.54, 1.807) is 36.4 Å². The number of rotatable bonds is 2. The average Bonchev–Trinajstić information content (AvgIpc) is 3.14. The van der Waals surface area contributed by atoms with E-state index >= 15 is 0 Å². The van der Waals surface area contributed by atoms with Gasteiger partial charge in [-0.05, 0) is 23.3 Å². The van der Waals surface area contributed by atoms with Gasteiger partial charge in [-0.3, -0.25) is 19.8 Å². The number of benzene rings is 3. The summed E-state index contributed by atoms with van der Waals surface area (Å²) in [6.07, 6.45) is 0. The highest BCUT2D eigenvalue weighted by atomic mass is 16.3. The second-order valence-corrected chi connectivity index (χ2v) is 6.73. The van der Waals surface area contributed by atoms with Gasteiger partial charge in [-0.2, -0.15) is 5.01 Å². The lowest BCUT2D eigenvalue weighted by molar-refractivity contribution is -0.139. The Hall–Kier alpha value is -3.77. The van der Waals surface area contributed by atoms with E-state index in [9.17, 15) is 19.5 Å².